The molecule has 2 N–H and O–H groups in total. The highest BCUT2D eigenvalue weighted by Crippen LogP contribution is 2.39. The van der Waals surface area contributed by atoms with Crippen LogP contribution in [0.2, 0.25) is 0 Å². The second kappa shape index (κ2) is 4.34. The van der Waals surface area contributed by atoms with Crippen molar-refractivity contribution in [1.82, 2.24) is 10.2 Å². The third-order valence-corrected chi connectivity index (χ3v) is 2.44. The van der Waals surface area contributed by atoms with Crippen LogP contribution in [0, 0.1) is 0 Å². The van der Waals surface area contributed by atoms with Crippen LogP contribution in [0.25, 0.3) is 0 Å². The first-order chi connectivity index (χ1) is 7.65. The number of rotatable bonds is 5. The predicted molar refractivity (Wildman–Crippen MR) is 53.4 cm³/mol. The molecular formula is C10H12N3O3-. The Bertz CT molecular complexity index is 409. The summed E-state index contributed by atoms with van der Waals surface area (Å²) in [5.41, 5.74) is 1.02. The minimum absolute atomic E-state index is 0.0893. The van der Waals surface area contributed by atoms with Gasteiger partial charge in [0, 0.05) is 30.1 Å². The fourth-order valence-electron chi connectivity index (χ4n) is 1.43. The Hall–Kier alpha value is -1.85. The third-order valence-electron chi connectivity index (χ3n) is 2.44. The lowest BCUT2D eigenvalue weighted by Gasteiger charge is -2.01. The number of nitrogens with one attached hydrogen (secondary N) is 2. The minimum atomic E-state index is -1.23. The van der Waals surface area contributed by atoms with Crippen molar-refractivity contribution in [2.45, 2.75) is 31.6 Å². The second-order valence-electron chi connectivity index (χ2n) is 3.90. The second-order valence-corrected chi connectivity index (χ2v) is 3.90. The minimum Gasteiger partial charge on any atom is -0.550 e. The number of amides is 1. The summed E-state index contributed by atoms with van der Waals surface area (Å²) in [5.74, 6) is -0.597. The van der Waals surface area contributed by atoms with Gasteiger partial charge in [0.15, 0.2) is 5.82 Å². The number of carbonyl (C=O) groups is 2. The molecule has 0 unspecified atom stereocenters. The quantitative estimate of drug-likeness (QED) is 0.718. The summed E-state index contributed by atoms with van der Waals surface area (Å²) in [7, 11) is 0. The van der Waals surface area contributed by atoms with Crippen LogP contribution >= 0.6 is 0 Å². The molecule has 86 valence electrons. The number of carbonyl (C=O) groups excluding carboxylic acids is 2. The van der Waals surface area contributed by atoms with E-state index >= 15 is 0 Å². The van der Waals surface area contributed by atoms with Crippen LogP contribution in [0.4, 0.5) is 5.82 Å². The summed E-state index contributed by atoms with van der Waals surface area (Å²) in [6.07, 6.45) is 1.94. The van der Waals surface area contributed by atoms with Crippen LogP contribution < -0.4 is 10.4 Å². The normalized spacial score (nSPS) is 14.8. The highest BCUT2D eigenvalue weighted by Gasteiger charge is 2.25. The average molecular weight is 222 g/mol. The summed E-state index contributed by atoms with van der Waals surface area (Å²) in [6.45, 7) is 0. The van der Waals surface area contributed by atoms with Gasteiger partial charge in [-0.1, -0.05) is 0 Å². The zero-order valence-corrected chi connectivity index (χ0v) is 8.66. The fraction of sp³-hybridized carbons (Fsp3) is 0.500. The number of carboxylic acids is 1. The number of aromatic amines is 1. The number of H-pyrrole nitrogens is 1. The molecule has 1 aromatic heterocycles. The average Bonchev–Trinajstić information content (AvgIpc) is 2.98. The number of hydrogen-bond acceptors (Lipinski definition) is 4. The van der Waals surface area contributed by atoms with E-state index in [-0.39, 0.29) is 18.7 Å². The molecule has 1 aliphatic carbocycles. The number of aliphatic carboxylic acids is 1. The van der Waals surface area contributed by atoms with Crippen molar-refractivity contribution in [3.63, 3.8) is 0 Å². The molecule has 6 nitrogen and oxygen atoms in total. The Morgan fingerprint density at radius 2 is 2.25 bits per heavy atom. The van der Waals surface area contributed by atoms with E-state index in [2.05, 4.69) is 15.5 Å². The lowest BCUT2D eigenvalue weighted by atomic mass is 10.3. The molecule has 16 heavy (non-hydrogen) atoms. The van der Waals surface area contributed by atoms with E-state index in [1.165, 1.54) is 0 Å². The monoisotopic (exact) mass is 222 g/mol. The topological polar surface area (TPSA) is 97.9 Å². The molecule has 1 fully saturated rings. The molecule has 1 saturated carbocycles. The summed E-state index contributed by atoms with van der Waals surface area (Å²) < 4.78 is 0. The van der Waals surface area contributed by atoms with Gasteiger partial charge in [0.05, 0.1) is 0 Å². The lowest BCUT2D eigenvalue weighted by molar-refractivity contribution is -0.305. The molecule has 0 bridgehead atoms. The van der Waals surface area contributed by atoms with Crippen LogP contribution in [0.5, 0.6) is 0 Å². The summed E-state index contributed by atoms with van der Waals surface area (Å²) in [4.78, 5) is 21.4. The van der Waals surface area contributed by atoms with Gasteiger partial charge in [0.1, 0.15) is 0 Å². The van der Waals surface area contributed by atoms with E-state index in [0.29, 0.717) is 11.7 Å². The Labute approximate surface area is 92.0 Å². The standard InChI is InChI=1S/C10H13N3O3/c14-9(3-4-10(15)16)11-8-5-7(12-13-8)6-1-2-6/h5-6H,1-4H2,(H,15,16)(H2,11,12,13,14)/p-1. The molecule has 0 saturated heterocycles. The SMILES string of the molecule is O=C([O-])CCC(=O)Nc1cc(C2CC2)[nH]n1. The largest absolute Gasteiger partial charge is 0.550 e. The van der Waals surface area contributed by atoms with Crippen LogP contribution in [0.1, 0.15) is 37.3 Å². The van der Waals surface area contributed by atoms with Crippen LogP contribution in [0.3, 0.4) is 0 Å². The maximum Gasteiger partial charge on any atom is 0.225 e. The van der Waals surface area contributed by atoms with Crippen LogP contribution in [0.15, 0.2) is 6.07 Å². The first-order valence-corrected chi connectivity index (χ1v) is 5.20. The smallest absolute Gasteiger partial charge is 0.225 e. The lowest BCUT2D eigenvalue weighted by Crippen LogP contribution is -2.24. The van der Waals surface area contributed by atoms with Crippen LogP contribution in [-0.2, 0) is 9.59 Å². The maximum atomic E-state index is 11.3. The Kier molecular flexibility index (Phi) is 2.89. The molecule has 0 aliphatic heterocycles. The summed E-state index contributed by atoms with van der Waals surface area (Å²) >= 11 is 0. The van der Waals surface area contributed by atoms with E-state index in [1.54, 1.807) is 6.07 Å². The third kappa shape index (κ3) is 2.82. The predicted octanol–water partition coefficient (Wildman–Crippen LogP) is -0.244. The van der Waals surface area contributed by atoms with Gasteiger partial charge in [0.2, 0.25) is 5.91 Å². The summed E-state index contributed by atoms with van der Waals surface area (Å²) in [6, 6.07) is 1.79. The van der Waals surface area contributed by atoms with Crippen molar-refractivity contribution in [3.8, 4) is 0 Å². The van der Waals surface area contributed by atoms with E-state index in [1.807, 2.05) is 0 Å². The fourth-order valence-corrected chi connectivity index (χ4v) is 1.43. The van der Waals surface area contributed by atoms with Crippen molar-refractivity contribution >= 4 is 17.7 Å². The molecule has 6 heteroatoms. The highest BCUT2D eigenvalue weighted by atomic mass is 16.4. The number of anilines is 1. The van der Waals surface area contributed by atoms with Crippen molar-refractivity contribution in [3.05, 3.63) is 11.8 Å². The Balaban J connectivity index is 1.83. The van der Waals surface area contributed by atoms with Gasteiger partial charge in [-0.05, 0) is 19.3 Å². The molecule has 0 spiro atoms. The first kappa shape index (κ1) is 10.7. The Morgan fingerprint density at radius 3 is 2.88 bits per heavy atom. The molecule has 0 aromatic carbocycles. The van der Waals surface area contributed by atoms with Gasteiger partial charge < -0.3 is 15.2 Å². The molecule has 1 aromatic rings. The van der Waals surface area contributed by atoms with Gasteiger partial charge in [-0.15, -0.1) is 0 Å². The van der Waals surface area contributed by atoms with Gasteiger partial charge in [-0.2, -0.15) is 5.10 Å². The molecule has 1 heterocycles. The van der Waals surface area contributed by atoms with Crippen molar-refractivity contribution in [1.29, 1.82) is 0 Å². The van der Waals surface area contributed by atoms with Gasteiger partial charge in [0.25, 0.3) is 0 Å². The molecule has 2 rings (SSSR count). The highest BCUT2D eigenvalue weighted by molar-refractivity contribution is 5.91. The van der Waals surface area contributed by atoms with Gasteiger partial charge in [-0.25, -0.2) is 0 Å². The van der Waals surface area contributed by atoms with Crippen molar-refractivity contribution < 1.29 is 14.7 Å². The van der Waals surface area contributed by atoms with Gasteiger partial charge in [-0.3, -0.25) is 9.89 Å². The number of nitrogens with zero attached hydrogens (tertiary/aromatic N) is 1. The molecule has 0 atom stereocenters. The molecule has 1 aliphatic rings. The van der Waals surface area contributed by atoms with Crippen molar-refractivity contribution in [2.75, 3.05) is 5.32 Å². The number of aromatic nitrogens is 2. The summed E-state index contributed by atoms with van der Waals surface area (Å²) in [5, 5.41) is 19.4. The molecule has 0 radical (unpaired) electrons. The Morgan fingerprint density at radius 1 is 1.50 bits per heavy atom. The van der Waals surface area contributed by atoms with Crippen LogP contribution in [-0.4, -0.2) is 22.1 Å². The first-order valence-electron chi connectivity index (χ1n) is 5.20. The number of carboxylic acid groups (broad SMARTS) is 1. The van der Waals surface area contributed by atoms with Gasteiger partial charge >= 0.3 is 0 Å². The zero-order valence-electron chi connectivity index (χ0n) is 8.66. The number of hydrogen-bond donors (Lipinski definition) is 2. The maximum absolute atomic E-state index is 11.3. The van der Waals surface area contributed by atoms with E-state index < -0.39 is 5.97 Å². The zero-order chi connectivity index (χ0) is 11.5. The van der Waals surface area contributed by atoms with E-state index in [0.717, 1.165) is 18.5 Å². The molecule has 1 amide bonds. The molecular weight excluding hydrogens is 210 g/mol. The van der Waals surface area contributed by atoms with Crippen molar-refractivity contribution in [2.24, 2.45) is 0 Å². The van der Waals surface area contributed by atoms with E-state index in [9.17, 15) is 14.7 Å². The van der Waals surface area contributed by atoms with E-state index in [4.69, 9.17) is 0 Å².